The highest BCUT2D eigenvalue weighted by atomic mass is 19.4. The van der Waals surface area contributed by atoms with Crippen LogP contribution in [0.1, 0.15) is 41.5 Å². The Morgan fingerprint density at radius 1 is 1.15 bits per heavy atom. The fraction of sp³-hybridized carbons (Fsp3) is 0.733. The fourth-order valence-electron chi connectivity index (χ4n) is 1.52. The number of rotatable bonds is 5. The van der Waals surface area contributed by atoms with Gasteiger partial charge in [0.15, 0.2) is 0 Å². The summed E-state index contributed by atoms with van der Waals surface area (Å²) in [6.45, 7) is 13.7. The van der Waals surface area contributed by atoms with Gasteiger partial charge in [0.25, 0.3) is 0 Å². The summed E-state index contributed by atoms with van der Waals surface area (Å²) in [5, 5.41) is 10.8. The van der Waals surface area contributed by atoms with Gasteiger partial charge in [0.05, 0.1) is 12.0 Å². The summed E-state index contributed by atoms with van der Waals surface area (Å²) in [5.74, 6) is -1.53. The number of hydrogen-bond donors (Lipinski definition) is 1. The molecule has 0 fully saturated rings. The van der Waals surface area contributed by atoms with E-state index in [-0.39, 0.29) is 5.92 Å². The van der Waals surface area contributed by atoms with Crippen LogP contribution in [-0.2, 0) is 0 Å². The van der Waals surface area contributed by atoms with E-state index in [0.29, 0.717) is 0 Å². The second kappa shape index (κ2) is 6.76. The quantitative estimate of drug-likeness (QED) is 0.580. The summed E-state index contributed by atoms with van der Waals surface area (Å²) in [6.07, 6.45) is -1.43. The molecular weight excluding hydrogens is 267 g/mol. The molecule has 0 spiro atoms. The molecule has 0 aliphatic rings. The number of hydrogen-bond acceptors (Lipinski definition) is 2. The van der Waals surface area contributed by atoms with Crippen molar-refractivity contribution in [1.82, 2.24) is 5.06 Å². The second-order valence-corrected chi connectivity index (χ2v) is 6.43. The predicted molar refractivity (Wildman–Crippen MR) is 75.5 cm³/mol. The van der Waals surface area contributed by atoms with Crippen LogP contribution in [0.25, 0.3) is 0 Å². The third-order valence-corrected chi connectivity index (χ3v) is 3.25. The van der Waals surface area contributed by atoms with Gasteiger partial charge in [0.1, 0.15) is 0 Å². The largest absolute Gasteiger partial charge is 0.393 e. The van der Waals surface area contributed by atoms with Crippen LogP contribution in [0.15, 0.2) is 24.3 Å². The van der Waals surface area contributed by atoms with Gasteiger partial charge in [-0.1, -0.05) is 45.1 Å². The van der Waals surface area contributed by atoms with Gasteiger partial charge < -0.3 is 5.21 Å². The Bertz CT molecular complexity index is 333. The molecule has 0 aliphatic heterocycles. The highest BCUT2D eigenvalue weighted by Gasteiger charge is 2.44. The van der Waals surface area contributed by atoms with Crippen LogP contribution in [0.5, 0.6) is 0 Å². The topological polar surface area (TPSA) is 23.5 Å². The van der Waals surface area contributed by atoms with E-state index < -0.39 is 23.7 Å². The lowest BCUT2D eigenvalue weighted by Crippen LogP contribution is -2.50. The van der Waals surface area contributed by atoms with Crippen LogP contribution in [0.3, 0.4) is 0 Å². The molecular formula is C15H26F3NO. The van der Waals surface area contributed by atoms with Crippen molar-refractivity contribution in [3.8, 4) is 0 Å². The minimum absolute atomic E-state index is 0.148. The molecule has 0 saturated carbocycles. The van der Waals surface area contributed by atoms with E-state index in [1.165, 1.54) is 6.08 Å². The van der Waals surface area contributed by atoms with Crippen molar-refractivity contribution in [2.45, 2.75) is 59.3 Å². The summed E-state index contributed by atoms with van der Waals surface area (Å²) >= 11 is 0. The number of halogens is 3. The standard InChI is InChI=1S/C15H26F3NO/c1-10(2)11(3)8-9-13(12(4)15(16,17)18)19(20)14(5,6)7/h8-10,12-13,20H,3H2,1-2,4-7H3/b9-8-. The number of nitrogens with zero attached hydrogens (tertiary/aromatic N) is 1. The Morgan fingerprint density at radius 3 is 1.90 bits per heavy atom. The first kappa shape index (κ1) is 19.2. The zero-order valence-electron chi connectivity index (χ0n) is 13.1. The molecule has 0 bridgehead atoms. The Morgan fingerprint density at radius 2 is 1.60 bits per heavy atom. The molecule has 0 aliphatic carbocycles. The van der Waals surface area contributed by atoms with E-state index in [0.717, 1.165) is 17.6 Å². The number of alkyl halides is 3. The Labute approximate surface area is 119 Å². The van der Waals surface area contributed by atoms with E-state index in [9.17, 15) is 18.4 Å². The van der Waals surface area contributed by atoms with Crippen molar-refractivity contribution in [3.05, 3.63) is 24.3 Å². The maximum Gasteiger partial charge on any atom is 0.393 e. The fourth-order valence-corrected chi connectivity index (χ4v) is 1.52. The monoisotopic (exact) mass is 293 g/mol. The van der Waals surface area contributed by atoms with Crippen LogP contribution < -0.4 is 0 Å². The molecule has 0 aromatic carbocycles. The van der Waals surface area contributed by atoms with Crippen molar-refractivity contribution >= 4 is 0 Å². The summed E-state index contributed by atoms with van der Waals surface area (Å²) in [5.41, 5.74) is -0.0556. The molecule has 2 unspecified atom stereocenters. The minimum atomic E-state index is -4.37. The molecule has 2 atom stereocenters. The Balaban J connectivity index is 5.34. The third kappa shape index (κ3) is 5.67. The lowest BCUT2D eigenvalue weighted by Gasteiger charge is -2.38. The van der Waals surface area contributed by atoms with Gasteiger partial charge in [-0.15, -0.1) is 0 Å². The van der Waals surface area contributed by atoms with Gasteiger partial charge in [-0.2, -0.15) is 18.2 Å². The van der Waals surface area contributed by atoms with Crippen molar-refractivity contribution in [3.63, 3.8) is 0 Å². The van der Waals surface area contributed by atoms with E-state index in [1.54, 1.807) is 26.8 Å². The Kier molecular flexibility index (Phi) is 6.49. The van der Waals surface area contributed by atoms with Crippen LogP contribution in [0.2, 0.25) is 0 Å². The molecule has 20 heavy (non-hydrogen) atoms. The smallest absolute Gasteiger partial charge is 0.313 e. The lowest BCUT2D eigenvalue weighted by atomic mass is 9.94. The zero-order chi connectivity index (χ0) is 16.3. The first-order chi connectivity index (χ1) is 8.78. The molecule has 118 valence electrons. The Hall–Kier alpha value is -0.810. The summed E-state index contributed by atoms with van der Waals surface area (Å²) in [7, 11) is 0. The third-order valence-electron chi connectivity index (χ3n) is 3.25. The van der Waals surface area contributed by atoms with Crippen molar-refractivity contribution in [2.75, 3.05) is 0 Å². The predicted octanol–water partition coefficient (Wildman–Crippen LogP) is 4.81. The molecule has 2 nitrogen and oxygen atoms in total. The van der Waals surface area contributed by atoms with E-state index in [1.807, 2.05) is 13.8 Å². The van der Waals surface area contributed by atoms with Gasteiger partial charge >= 0.3 is 6.18 Å². The van der Waals surface area contributed by atoms with E-state index in [2.05, 4.69) is 6.58 Å². The normalized spacial score (nSPS) is 17.0. The molecule has 0 rings (SSSR count). The van der Waals surface area contributed by atoms with Gasteiger partial charge in [0.2, 0.25) is 0 Å². The summed E-state index contributed by atoms with van der Waals surface area (Å²) in [6, 6.07) is -1.15. The van der Waals surface area contributed by atoms with Gasteiger partial charge in [-0.3, -0.25) is 0 Å². The molecule has 0 amide bonds. The van der Waals surface area contributed by atoms with Crippen LogP contribution in [0, 0.1) is 11.8 Å². The molecule has 5 heteroatoms. The average molecular weight is 293 g/mol. The first-order valence-corrected chi connectivity index (χ1v) is 6.70. The number of allylic oxidation sites excluding steroid dienone is 2. The second-order valence-electron chi connectivity index (χ2n) is 6.43. The summed E-state index contributed by atoms with van der Waals surface area (Å²) in [4.78, 5) is 0. The molecule has 1 N–H and O–H groups in total. The zero-order valence-corrected chi connectivity index (χ0v) is 13.1. The van der Waals surface area contributed by atoms with Gasteiger partial charge in [0, 0.05) is 5.54 Å². The van der Waals surface area contributed by atoms with Gasteiger partial charge in [-0.05, 0) is 26.7 Å². The maximum atomic E-state index is 12.9. The van der Waals surface area contributed by atoms with E-state index in [4.69, 9.17) is 0 Å². The van der Waals surface area contributed by atoms with Crippen molar-refractivity contribution in [2.24, 2.45) is 11.8 Å². The highest BCUT2D eigenvalue weighted by molar-refractivity contribution is 5.18. The minimum Gasteiger partial charge on any atom is -0.313 e. The van der Waals surface area contributed by atoms with E-state index >= 15 is 0 Å². The maximum absolute atomic E-state index is 12.9. The molecule has 0 saturated heterocycles. The van der Waals surface area contributed by atoms with Crippen molar-refractivity contribution < 1.29 is 18.4 Å². The number of hydroxylamine groups is 2. The highest BCUT2D eigenvalue weighted by Crippen LogP contribution is 2.33. The first-order valence-electron chi connectivity index (χ1n) is 6.70. The molecule has 0 radical (unpaired) electrons. The molecule has 0 aromatic heterocycles. The summed E-state index contributed by atoms with van der Waals surface area (Å²) < 4.78 is 38.8. The van der Waals surface area contributed by atoms with Crippen molar-refractivity contribution in [1.29, 1.82) is 0 Å². The average Bonchev–Trinajstić information content (AvgIpc) is 2.25. The van der Waals surface area contributed by atoms with Gasteiger partial charge in [-0.25, -0.2) is 0 Å². The molecule has 0 aromatic rings. The van der Waals surface area contributed by atoms with Crippen LogP contribution in [-0.4, -0.2) is 28.0 Å². The lowest BCUT2D eigenvalue weighted by molar-refractivity contribution is -0.238. The SMILES string of the molecule is C=C(/C=C\C(C(C)C(F)(F)F)N(O)C(C)(C)C)C(C)C. The van der Waals surface area contributed by atoms with Crippen LogP contribution >= 0.6 is 0 Å². The molecule has 0 heterocycles. The van der Waals surface area contributed by atoms with Crippen LogP contribution in [0.4, 0.5) is 13.2 Å².